The van der Waals surface area contributed by atoms with Crippen LogP contribution in [0.2, 0.25) is 0 Å². The van der Waals surface area contributed by atoms with E-state index in [9.17, 15) is 0 Å². The average molecular weight is 285 g/mol. The maximum absolute atomic E-state index is 5.85. The first-order valence-corrected chi connectivity index (χ1v) is 7.26. The van der Waals surface area contributed by atoms with Gasteiger partial charge >= 0.3 is 0 Å². The summed E-state index contributed by atoms with van der Waals surface area (Å²) in [6, 6.07) is 9.79. The predicted octanol–water partition coefficient (Wildman–Crippen LogP) is 5.07. The largest absolute Gasteiger partial charge is 0.491 e. The Labute approximate surface area is 122 Å². The highest BCUT2D eigenvalue weighted by Crippen LogP contribution is 2.31. The van der Waals surface area contributed by atoms with Crippen molar-refractivity contribution in [2.45, 2.75) is 46.1 Å². The highest BCUT2D eigenvalue weighted by Gasteiger charge is 2.34. The van der Waals surface area contributed by atoms with Crippen molar-refractivity contribution >= 4 is 11.9 Å². The van der Waals surface area contributed by atoms with Gasteiger partial charge in [-0.15, -0.1) is 0 Å². The zero-order valence-electron chi connectivity index (χ0n) is 12.4. The lowest BCUT2D eigenvalue weighted by Gasteiger charge is -2.33. The molecule has 0 saturated carbocycles. The molecule has 0 aliphatic heterocycles. The average Bonchev–Trinajstić information content (AvgIpc) is 2.36. The summed E-state index contributed by atoms with van der Waals surface area (Å²) >= 11 is 5.80. The van der Waals surface area contributed by atoms with E-state index in [0.29, 0.717) is 18.4 Å². The molecule has 0 unspecified atom stereocenters. The maximum atomic E-state index is 5.85. The summed E-state index contributed by atoms with van der Waals surface area (Å²) < 4.78 is 11.2. The summed E-state index contributed by atoms with van der Waals surface area (Å²) in [4.78, 5) is 0. The Morgan fingerprint density at radius 2 is 1.53 bits per heavy atom. The number of halogens is 1. The van der Waals surface area contributed by atoms with Crippen LogP contribution in [0.15, 0.2) is 30.3 Å². The summed E-state index contributed by atoms with van der Waals surface area (Å²) in [5, 5.41) is 0. The quantitative estimate of drug-likeness (QED) is 0.664. The van der Waals surface area contributed by atoms with E-state index in [2.05, 4.69) is 27.7 Å². The lowest BCUT2D eigenvalue weighted by molar-refractivity contribution is -0.00746. The third-order valence-corrected chi connectivity index (χ3v) is 3.30. The molecule has 0 fully saturated rings. The molecule has 0 aromatic heterocycles. The standard InChI is InChI=1S/C16H25ClO2/c1-13(2)10-16(19-17,11-14(3)4)12-18-15-8-6-5-7-9-15/h5-9,13-14H,10-12H2,1-4H3. The molecular weight excluding hydrogens is 260 g/mol. The van der Waals surface area contributed by atoms with Gasteiger partial charge in [0.25, 0.3) is 0 Å². The molecule has 0 bridgehead atoms. The van der Waals surface area contributed by atoms with Gasteiger partial charge in [0.15, 0.2) is 0 Å². The van der Waals surface area contributed by atoms with E-state index in [-0.39, 0.29) is 0 Å². The van der Waals surface area contributed by atoms with Gasteiger partial charge < -0.3 is 4.74 Å². The van der Waals surface area contributed by atoms with Crippen LogP contribution in [0, 0.1) is 11.8 Å². The van der Waals surface area contributed by atoms with Gasteiger partial charge in [0.1, 0.15) is 18.0 Å². The number of benzene rings is 1. The molecule has 0 aliphatic carbocycles. The molecule has 3 heteroatoms. The first-order valence-electron chi connectivity index (χ1n) is 6.95. The SMILES string of the molecule is CC(C)CC(COc1ccccc1)(CC(C)C)OCl. The van der Waals surface area contributed by atoms with E-state index < -0.39 is 5.60 Å². The second-order valence-corrected chi connectivity index (χ2v) is 6.21. The van der Waals surface area contributed by atoms with Crippen LogP contribution in [-0.4, -0.2) is 12.2 Å². The minimum atomic E-state index is -0.417. The first-order chi connectivity index (χ1) is 8.97. The van der Waals surface area contributed by atoms with Crippen LogP contribution in [0.25, 0.3) is 0 Å². The normalized spacial score (nSPS) is 12.2. The molecule has 1 rings (SSSR count). The van der Waals surface area contributed by atoms with Crippen molar-refractivity contribution in [1.82, 2.24) is 0 Å². The van der Waals surface area contributed by atoms with E-state index in [4.69, 9.17) is 20.9 Å². The molecular formula is C16H25ClO2. The van der Waals surface area contributed by atoms with Gasteiger partial charge in [-0.1, -0.05) is 45.9 Å². The zero-order valence-corrected chi connectivity index (χ0v) is 13.1. The molecule has 0 spiro atoms. The minimum Gasteiger partial charge on any atom is -0.491 e. The third-order valence-electron chi connectivity index (χ3n) is 2.97. The van der Waals surface area contributed by atoms with E-state index in [1.165, 1.54) is 0 Å². The first kappa shape index (κ1) is 16.3. The van der Waals surface area contributed by atoms with Crippen molar-refractivity contribution in [1.29, 1.82) is 0 Å². The van der Waals surface area contributed by atoms with Crippen molar-refractivity contribution in [3.05, 3.63) is 30.3 Å². The van der Waals surface area contributed by atoms with Crippen molar-refractivity contribution in [3.8, 4) is 5.75 Å². The van der Waals surface area contributed by atoms with E-state index in [0.717, 1.165) is 18.6 Å². The molecule has 19 heavy (non-hydrogen) atoms. The Morgan fingerprint density at radius 1 is 1.00 bits per heavy atom. The Balaban J connectivity index is 2.72. The van der Waals surface area contributed by atoms with Crippen LogP contribution in [0.3, 0.4) is 0 Å². The van der Waals surface area contributed by atoms with E-state index >= 15 is 0 Å². The van der Waals surface area contributed by atoms with Gasteiger partial charge in [0.05, 0.1) is 11.9 Å². The highest BCUT2D eigenvalue weighted by atomic mass is 35.5. The van der Waals surface area contributed by atoms with Crippen molar-refractivity contribution in [2.24, 2.45) is 11.8 Å². The van der Waals surface area contributed by atoms with Gasteiger partial charge in [-0.3, -0.25) is 4.29 Å². The second kappa shape index (κ2) is 7.76. The van der Waals surface area contributed by atoms with Gasteiger partial charge in [-0.05, 0) is 36.8 Å². The summed E-state index contributed by atoms with van der Waals surface area (Å²) in [5.41, 5.74) is -0.417. The molecule has 1 aromatic rings. The van der Waals surface area contributed by atoms with Crippen molar-refractivity contribution in [3.63, 3.8) is 0 Å². The van der Waals surface area contributed by atoms with Crippen LogP contribution < -0.4 is 4.74 Å². The maximum Gasteiger partial charge on any atom is 0.124 e. The van der Waals surface area contributed by atoms with Gasteiger partial charge in [0.2, 0.25) is 0 Å². The number of hydrogen-bond acceptors (Lipinski definition) is 2. The van der Waals surface area contributed by atoms with Crippen LogP contribution in [0.4, 0.5) is 0 Å². The van der Waals surface area contributed by atoms with Gasteiger partial charge in [-0.2, -0.15) is 0 Å². The van der Waals surface area contributed by atoms with Crippen molar-refractivity contribution < 1.29 is 9.03 Å². The highest BCUT2D eigenvalue weighted by molar-refractivity contribution is 6.07. The van der Waals surface area contributed by atoms with Crippen LogP contribution in [-0.2, 0) is 4.29 Å². The van der Waals surface area contributed by atoms with E-state index in [1.54, 1.807) is 0 Å². The number of para-hydroxylation sites is 1. The summed E-state index contributed by atoms with van der Waals surface area (Å²) in [6.07, 6.45) is 1.78. The Kier molecular flexibility index (Phi) is 6.67. The van der Waals surface area contributed by atoms with Crippen molar-refractivity contribution in [2.75, 3.05) is 6.61 Å². The Hall–Kier alpha value is -0.730. The minimum absolute atomic E-state index is 0.417. The molecule has 0 amide bonds. The Morgan fingerprint density at radius 3 is 1.95 bits per heavy atom. The monoisotopic (exact) mass is 284 g/mol. The lowest BCUT2D eigenvalue weighted by atomic mass is 9.85. The molecule has 0 N–H and O–H groups in total. The number of ether oxygens (including phenoxy) is 1. The lowest BCUT2D eigenvalue weighted by Crippen LogP contribution is -2.39. The molecule has 0 saturated heterocycles. The fourth-order valence-corrected chi connectivity index (χ4v) is 2.68. The van der Waals surface area contributed by atoms with Gasteiger partial charge in [0, 0.05) is 0 Å². The molecule has 0 radical (unpaired) electrons. The predicted molar refractivity (Wildman–Crippen MR) is 80.5 cm³/mol. The summed E-state index contributed by atoms with van der Waals surface area (Å²) in [6.45, 7) is 9.18. The van der Waals surface area contributed by atoms with E-state index in [1.807, 2.05) is 30.3 Å². The molecule has 0 atom stereocenters. The van der Waals surface area contributed by atoms with Gasteiger partial charge in [-0.25, -0.2) is 0 Å². The smallest absolute Gasteiger partial charge is 0.124 e. The third kappa shape index (κ3) is 5.84. The molecule has 108 valence electrons. The summed E-state index contributed by atoms with van der Waals surface area (Å²) in [5.74, 6) is 1.88. The molecule has 1 aromatic carbocycles. The van der Waals surface area contributed by atoms with Crippen LogP contribution in [0.5, 0.6) is 5.75 Å². The van der Waals surface area contributed by atoms with Crippen LogP contribution in [0.1, 0.15) is 40.5 Å². The summed E-state index contributed by atoms with van der Waals surface area (Å²) in [7, 11) is 0. The molecule has 2 nitrogen and oxygen atoms in total. The number of hydrogen-bond donors (Lipinski definition) is 0. The Bertz CT molecular complexity index is 339. The fourth-order valence-electron chi connectivity index (χ4n) is 2.51. The molecule has 0 heterocycles. The fraction of sp³-hybridized carbons (Fsp3) is 0.625. The number of rotatable bonds is 8. The zero-order chi connectivity index (χ0) is 14.3. The topological polar surface area (TPSA) is 18.5 Å². The second-order valence-electron chi connectivity index (χ2n) is 6.06. The van der Waals surface area contributed by atoms with Crippen LogP contribution >= 0.6 is 11.9 Å². The molecule has 0 aliphatic rings.